The van der Waals surface area contributed by atoms with Crippen molar-refractivity contribution in [1.82, 2.24) is 5.43 Å². The summed E-state index contributed by atoms with van der Waals surface area (Å²) in [7, 11) is 0. The third-order valence-electron chi connectivity index (χ3n) is 2.57. The van der Waals surface area contributed by atoms with Gasteiger partial charge in [-0.25, -0.2) is 0 Å². The van der Waals surface area contributed by atoms with Crippen molar-refractivity contribution in [1.29, 1.82) is 0 Å². The molecule has 0 radical (unpaired) electrons. The van der Waals surface area contributed by atoms with E-state index < -0.39 is 0 Å². The molecule has 0 aliphatic carbocycles. The molecule has 1 atom stereocenters. The van der Waals surface area contributed by atoms with Crippen LogP contribution in [0.5, 0.6) is 0 Å². The van der Waals surface area contributed by atoms with Crippen LogP contribution in [0.2, 0.25) is 5.02 Å². The first kappa shape index (κ1) is 12.5. The summed E-state index contributed by atoms with van der Waals surface area (Å²) in [6, 6.07) is 8.11. The largest absolute Gasteiger partial charge is 0.271 e. The summed E-state index contributed by atoms with van der Waals surface area (Å²) in [6.45, 7) is 2.20. The molecule has 15 heavy (non-hydrogen) atoms. The van der Waals surface area contributed by atoms with Gasteiger partial charge in [0.15, 0.2) is 0 Å². The van der Waals surface area contributed by atoms with E-state index in [1.54, 1.807) is 0 Å². The fourth-order valence-corrected chi connectivity index (χ4v) is 1.77. The van der Waals surface area contributed by atoms with E-state index in [2.05, 4.69) is 12.3 Å². The third-order valence-corrected chi connectivity index (χ3v) is 2.82. The number of unbranched alkanes of at least 4 members (excludes halogenated alkanes) is 2. The average Bonchev–Trinajstić information content (AvgIpc) is 2.26. The minimum absolute atomic E-state index is 0.244. The predicted octanol–water partition coefficient (Wildman–Crippen LogP) is 3.42. The molecule has 1 rings (SSSR count). The molecule has 0 heterocycles. The molecule has 1 aromatic rings. The van der Waals surface area contributed by atoms with Gasteiger partial charge in [0.05, 0.1) is 0 Å². The summed E-state index contributed by atoms with van der Waals surface area (Å²) in [5.41, 5.74) is 4.06. The van der Waals surface area contributed by atoms with Crippen LogP contribution in [-0.2, 0) is 0 Å². The zero-order valence-corrected chi connectivity index (χ0v) is 9.93. The molecule has 1 unspecified atom stereocenters. The second-order valence-electron chi connectivity index (χ2n) is 3.77. The average molecular weight is 227 g/mol. The summed E-state index contributed by atoms with van der Waals surface area (Å²) < 4.78 is 0. The second-order valence-corrected chi connectivity index (χ2v) is 4.20. The molecule has 0 spiro atoms. The van der Waals surface area contributed by atoms with Crippen molar-refractivity contribution in [3.63, 3.8) is 0 Å². The molecule has 3 heteroatoms. The molecule has 0 saturated carbocycles. The first-order valence-corrected chi connectivity index (χ1v) is 5.87. The molecule has 84 valence electrons. The van der Waals surface area contributed by atoms with Gasteiger partial charge in [-0.1, -0.05) is 49.9 Å². The number of nitrogens with one attached hydrogen (secondary N) is 1. The topological polar surface area (TPSA) is 38.0 Å². The summed E-state index contributed by atoms with van der Waals surface area (Å²) in [5, 5.41) is 0.767. The summed E-state index contributed by atoms with van der Waals surface area (Å²) in [6.07, 6.45) is 4.77. The van der Waals surface area contributed by atoms with E-state index in [1.807, 2.05) is 24.3 Å². The Bertz CT molecular complexity index is 271. The minimum Gasteiger partial charge on any atom is -0.271 e. The van der Waals surface area contributed by atoms with Crippen LogP contribution in [0.1, 0.15) is 44.2 Å². The third kappa shape index (κ3) is 4.20. The van der Waals surface area contributed by atoms with Gasteiger partial charge in [-0.05, 0) is 24.1 Å². The fraction of sp³-hybridized carbons (Fsp3) is 0.500. The van der Waals surface area contributed by atoms with Gasteiger partial charge < -0.3 is 0 Å². The number of hydrogen-bond donors (Lipinski definition) is 2. The van der Waals surface area contributed by atoms with Crippen LogP contribution in [0, 0.1) is 0 Å². The highest BCUT2D eigenvalue weighted by Crippen LogP contribution is 2.20. The van der Waals surface area contributed by atoms with Crippen LogP contribution in [0.3, 0.4) is 0 Å². The second kappa shape index (κ2) is 6.83. The number of hydrogen-bond acceptors (Lipinski definition) is 2. The number of nitrogens with two attached hydrogens (primary N) is 1. The van der Waals surface area contributed by atoms with Crippen LogP contribution in [0.15, 0.2) is 24.3 Å². The van der Waals surface area contributed by atoms with E-state index in [1.165, 1.54) is 24.8 Å². The Morgan fingerprint density at radius 3 is 2.47 bits per heavy atom. The monoisotopic (exact) mass is 226 g/mol. The highest BCUT2D eigenvalue weighted by Gasteiger charge is 2.08. The first-order chi connectivity index (χ1) is 7.27. The number of rotatable bonds is 6. The van der Waals surface area contributed by atoms with Crippen molar-refractivity contribution < 1.29 is 0 Å². The van der Waals surface area contributed by atoms with Crippen molar-refractivity contribution >= 4 is 11.6 Å². The van der Waals surface area contributed by atoms with Gasteiger partial charge in [0.25, 0.3) is 0 Å². The van der Waals surface area contributed by atoms with Crippen LogP contribution in [0.4, 0.5) is 0 Å². The Morgan fingerprint density at radius 2 is 1.93 bits per heavy atom. The Morgan fingerprint density at radius 1 is 1.27 bits per heavy atom. The van der Waals surface area contributed by atoms with E-state index in [9.17, 15) is 0 Å². The maximum Gasteiger partial charge on any atom is 0.0460 e. The van der Waals surface area contributed by atoms with Crippen LogP contribution in [-0.4, -0.2) is 0 Å². The maximum atomic E-state index is 5.83. The zero-order valence-electron chi connectivity index (χ0n) is 9.17. The standard InChI is InChI=1S/C12H19ClN2/c1-2-3-4-5-12(15-14)10-6-8-11(13)9-7-10/h6-9,12,15H,2-5,14H2,1H3. The van der Waals surface area contributed by atoms with E-state index >= 15 is 0 Å². The lowest BCUT2D eigenvalue weighted by Crippen LogP contribution is -2.27. The van der Waals surface area contributed by atoms with E-state index in [0.717, 1.165) is 11.4 Å². The molecule has 3 N–H and O–H groups in total. The molecule has 0 aliphatic rings. The normalized spacial score (nSPS) is 12.7. The predicted molar refractivity (Wildman–Crippen MR) is 65.7 cm³/mol. The Labute approximate surface area is 96.8 Å². The van der Waals surface area contributed by atoms with Gasteiger partial charge in [0.2, 0.25) is 0 Å². The lowest BCUT2D eigenvalue weighted by molar-refractivity contribution is 0.487. The SMILES string of the molecule is CCCCCC(NN)c1ccc(Cl)cc1. The van der Waals surface area contributed by atoms with Gasteiger partial charge in [-0.15, -0.1) is 0 Å². The molecular formula is C12H19ClN2. The van der Waals surface area contributed by atoms with Gasteiger partial charge in [-0.2, -0.15) is 0 Å². The molecule has 1 aromatic carbocycles. The van der Waals surface area contributed by atoms with Gasteiger partial charge >= 0.3 is 0 Å². The molecule has 0 amide bonds. The Kier molecular flexibility index (Phi) is 5.69. The van der Waals surface area contributed by atoms with Crippen molar-refractivity contribution in [3.8, 4) is 0 Å². The highest BCUT2D eigenvalue weighted by atomic mass is 35.5. The van der Waals surface area contributed by atoms with Gasteiger partial charge in [0.1, 0.15) is 0 Å². The Balaban J connectivity index is 2.53. The van der Waals surface area contributed by atoms with Crippen molar-refractivity contribution in [2.75, 3.05) is 0 Å². The van der Waals surface area contributed by atoms with Crippen molar-refractivity contribution in [3.05, 3.63) is 34.9 Å². The summed E-state index contributed by atoms with van der Waals surface area (Å²) in [5.74, 6) is 5.54. The van der Waals surface area contributed by atoms with E-state index in [-0.39, 0.29) is 6.04 Å². The van der Waals surface area contributed by atoms with Crippen LogP contribution >= 0.6 is 11.6 Å². The lowest BCUT2D eigenvalue weighted by atomic mass is 10.0. The van der Waals surface area contributed by atoms with E-state index in [4.69, 9.17) is 17.4 Å². The van der Waals surface area contributed by atoms with Crippen LogP contribution in [0.25, 0.3) is 0 Å². The quantitative estimate of drug-likeness (QED) is 0.443. The van der Waals surface area contributed by atoms with Crippen molar-refractivity contribution in [2.24, 2.45) is 5.84 Å². The number of halogens is 1. The van der Waals surface area contributed by atoms with Crippen molar-refractivity contribution in [2.45, 2.75) is 38.6 Å². The molecule has 0 bridgehead atoms. The Hall–Kier alpha value is -0.570. The smallest absolute Gasteiger partial charge is 0.0460 e. The first-order valence-electron chi connectivity index (χ1n) is 5.49. The molecule has 0 fully saturated rings. The summed E-state index contributed by atoms with van der Waals surface area (Å²) in [4.78, 5) is 0. The summed E-state index contributed by atoms with van der Waals surface area (Å²) >= 11 is 5.83. The molecule has 2 nitrogen and oxygen atoms in total. The zero-order chi connectivity index (χ0) is 11.1. The van der Waals surface area contributed by atoms with E-state index in [0.29, 0.717) is 0 Å². The van der Waals surface area contributed by atoms with Gasteiger partial charge in [-0.3, -0.25) is 11.3 Å². The molecule has 0 saturated heterocycles. The molecule has 0 aromatic heterocycles. The van der Waals surface area contributed by atoms with Crippen LogP contribution < -0.4 is 11.3 Å². The maximum absolute atomic E-state index is 5.83. The molecule has 0 aliphatic heterocycles. The minimum atomic E-state index is 0.244. The van der Waals surface area contributed by atoms with Gasteiger partial charge in [0, 0.05) is 11.1 Å². The highest BCUT2D eigenvalue weighted by molar-refractivity contribution is 6.30. The number of hydrazine groups is 1. The fourth-order valence-electron chi connectivity index (χ4n) is 1.64. The lowest BCUT2D eigenvalue weighted by Gasteiger charge is -2.16. The number of benzene rings is 1. The molecular weight excluding hydrogens is 208 g/mol.